The van der Waals surface area contributed by atoms with E-state index in [1.54, 1.807) is 7.11 Å². The van der Waals surface area contributed by atoms with E-state index in [1.807, 2.05) is 0 Å². The second-order valence-corrected chi connectivity index (χ2v) is 7.33. The van der Waals surface area contributed by atoms with Crippen LogP contribution in [0.15, 0.2) is 18.2 Å². The van der Waals surface area contributed by atoms with Gasteiger partial charge in [0.05, 0.1) is 7.11 Å². The summed E-state index contributed by atoms with van der Waals surface area (Å²) in [6, 6.07) is 6.47. The molecule has 0 radical (unpaired) electrons. The van der Waals surface area contributed by atoms with Crippen LogP contribution in [-0.4, -0.2) is 20.2 Å². The van der Waals surface area contributed by atoms with Gasteiger partial charge in [0.15, 0.2) is 0 Å². The third-order valence-corrected chi connectivity index (χ3v) is 4.51. The highest BCUT2D eigenvalue weighted by atomic mass is 16.5. The average Bonchev–Trinajstić information content (AvgIpc) is 2.38. The van der Waals surface area contributed by atoms with E-state index in [0.717, 1.165) is 25.3 Å². The van der Waals surface area contributed by atoms with Crippen molar-refractivity contribution in [3.05, 3.63) is 29.3 Å². The molecule has 0 saturated carbocycles. The van der Waals surface area contributed by atoms with E-state index in [9.17, 15) is 0 Å². The number of rotatable bonds is 8. The molecule has 1 N–H and O–H groups in total. The van der Waals surface area contributed by atoms with Gasteiger partial charge in [-0.3, -0.25) is 0 Å². The molecule has 0 amide bonds. The third kappa shape index (κ3) is 5.35. The largest absolute Gasteiger partial charge is 0.496 e. The van der Waals surface area contributed by atoms with Crippen LogP contribution in [0.5, 0.6) is 5.75 Å². The zero-order valence-corrected chi connectivity index (χ0v) is 14.9. The number of hydrogen-bond acceptors (Lipinski definition) is 2. The van der Waals surface area contributed by atoms with Crippen LogP contribution in [0.1, 0.15) is 45.7 Å². The normalized spacial score (nSPS) is 14.5. The first-order valence-electron chi connectivity index (χ1n) is 8.12. The van der Waals surface area contributed by atoms with Crippen LogP contribution in [0, 0.1) is 24.2 Å². The van der Waals surface area contributed by atoms with Gasteiger partial charge < -0.3 is 10.1 Å². The van der Waals surface area contributed by atoms with Crippen molar-refractivity contribution in [3.63, 3.8) is 0 Å². The van der Waals surface area contributed by atoms with Gasteiger partial charge in [-0.25, -0.2) is 0 Å². The van der Waals surface area contributed by atoms with Gasteiger partial charge >= 0.3 is 0 Å². The summed E-state index contributed by atoms with van der Waals surface area (Å²) in [6.45, 7) is 15.8. The molecule has 2 heteroatoms. The second-order valence-electron chi connectivity index (χ2n) is 7.33. The zero-order valence-electron chi connectivity index (χ0n) is 14.9. The zero-order chi connectivity index (χ0) is 16.0. The molecule has 1 aromatic rings. The molecule has 0 saturated heterocycles. The number of methoxy groups -OCH3 is 1. The van der Waals surface area contributed by atoms with Crippen LogP contribution in [0.4, 0.5) is 0 Å². The summed E-state index contributed by atoms with van der Waals surface area (Å²) >= 11 is 0. The van der Waals surface area contributed by atoms with Gasteiger partial charge in [0.25, 0.3) is 0 Å². The van der Waals surface area contributed by atoms with Gasteiger partial charge in [0.1, 0.15) is 5.75 Å². The van der Waals surface area contributed by atoms with Crippen molar-refractivity contribution >= 4 is 0 Å². The van der Waals surface area contributed by atoms with Crippen molar-refractivity contribution in [2.45, 2.75) is 48.0 Å². The first kappa shape index (κ1) is 18.0. The Bertz CT molecular complexity index is 439. The van der Waals surface area contributed by atoms with E-state index in [0.29, 0.717) is 11.8 Å². The molecule has 0 fully saturated rings. The lowest BCUT2D eigenvalue weighted by molar-refractivity contribution is 0.203. The molecule has 0 bridgehead atoms. The first-order chi connectivity index (χ1) is 9.78. The maximum Gasteiger partial charge on any atom is 0.122 e. The van der Waals surface area contributed by atoms with E-state index >= 15 is 0 Å². The van der Waals surface area contributed by atoms with Gasteiger partial charge in [-0.05, 0) is 48.8 Å². The summed E-state index contributed by atoms with van der Waals surface area (Å²) in [6.07, 6.45) is 1.04. The lowest BCUT2D eigenvalue weighted by Crippen LogP contribution is -2.39. The Morgan fingerprint density at radius 2 is 1.86 bits per heavy atom. The molecule has 0 aromatic heterocycles. The molecular weight excluding hydrogens is 258 g/mol. The molecule has 120 valence electrons. The summed E-state index contributed by atoms with van der Waals surface area (Å²) < 4.78 is 5.55. The third-order valence-electron chi connectivity index (χ3n) is 4.51. The number of nitrogens with one attached hydrogen (secondary N) is 1. The fraction of sp³-hybridized carbons (Fsp3) is 0.684. The Morgan fingerprint density at radius 3 is 2.38 bits per heavy atom. The predicted molar refractivity (Wildman–Crippen MR) is 92.1 cm³/mol. The molecule has 21 heavy (non-hydrogen) atoms. The number of ether oxygens (including phenoxy) is 1. The predicted octanol–water partition coefficient (Wildman–Crippen LogP) is 4.45. The minimum absolute atomic E-state index is 0.232. The summed E-state index contributed by atoms with van der Waals surface area (Å²) in [5, 5.41) is 3.64. The van der Waals surface area contributed by atoms with Crippen molar-refractivity contribution in [1.29, 1.82) is 0 Å². The molecule has 1 unspecified atom stereocenters. The van der Waals surface area contributed by atoms with Gasteiger partial charge in [-0.15, -0.1) is 0 Å². The molecule has 0 aliphatic carbocycles. The molecule has 0 aliphatic rings. The molecular formula is C19H33NO. The molecule has 1 atom stereocenters. The summed E-state index contributed by atoms with van der Waals surface area (Å²) in [4.78, 5) is 0. The Hall–Kier alpha value is -1.02. The Labute approximate surface area is 131 Å². The fourth-order valence-electron chi connectivity index (χ4n) is 2.60. The maximum absolute atomic E-state index is 5.55. The van der Waals surface area contributed by atoms with E-state index in [4.69, 9.17) is 4.74 Å². The van der Waals surface area contributed by atoms with Crippen molar-refractivity contribution < 1.29 is 4.74 Å². The van der Waals surface area contributed by atoms with Crippen LogP contribution < -0.4 is 10.1 Å². The quantitative estimate of drug-likeness (QED) is 0.764. The van der Waals surface area contributed by atoms with Crippen LogP contribution in [0.2, 0.25) is 0 Å². The van der Waals surface area contributed by atoms with Gasteiger partial charge in [0.2, 0.25) is 0 Å². The number of hydrogen-bond donors (Lipinski definition) is 1. The topological polar surface area (TPSA) is 21.3 Å². The first-order valence-corrected chi connectivity index (χ1v) is 8.12. The minimum atomic E-state index is 0.232. The summed E-state index contributed by atoms with van der Waals surface area (Å²) in [5.74, 6) is 2.31. The maximum atomic E-state index is 5.55. The van der Waals surface area contributed by atoms with Crippen LogP contribution in [-0.2, 0) is 6.42 Å². The van der Waals surface area contributed by atoms with Crippen LogP contribution >= 0.6 is 0 Å². The number of aryl methyl sites for hydroxylation is 1. The van der Waals surface area contributed by atoms with E-state index in [2.05, 4.69) is 65.1 Å². The minimum Gasteiger partial charge on any atom is -0.496 e. The van der Waals surface area contributed by atoms with E-state index < -0.39 is 0 Å². The Balaban J connectivity index is 2.89. The molecule has 1 aromatic carbocycles. The molecule has 2 nitrogen and oxygen atoms in total. The van der Waals surface area contributed by atoms with E-state index in [1.165, 1.54) is 11.1 Å². The highest BCUT2D eigenvalue weighted by molar-refractivity contribution is 5.37. The van der Waals surface area contributed by atoms with Crippen molar-refractivity contribution in [2.75, 3.05) is 20.2 Å². The summed E-state index contributed by atoms with van der Waals surface area (Å²) in [7, 11) is 1.76. The molecule has 0 spiro atoms. The highest BCUT2D eigenvalue weighted by Crippen LogP contribution is 2.34. The lowest BCUT2D eigenvalue weighted by Gasteiger charge is -2.35. The standard InChI is InChI=1S/C19H33NO/c1-14(2)12-20-13-19(6,15(3)4)11-17-10-16(5)8-9-18(17)21-7/h8-10,14-15,20H,11-13H2,1-7H3. The van der Waals surface area contributed by atoms with Gasteiger partial charge in [-0.1, -0.05) is 52.3 Å². The Morgan fingerprint density at radius 1 is 1.19 bits per heavy atom. The smallest absolute Gasteiger partial charge is 0.122 e. The monoisotopic (exact) mass is 291 g/mol. The van der Waals surface area contributed by atoms with Crippen molar-refractivity contribution in [2.24, 2.45) is 17.3 Å². The van der Waals surface area contributed by atoms with Gasteiger partial charge in [0, 0.05) is 6.54 Å². The second kappa shape index (κ2) is 7.84. The van der Waals surface area contributed by atoms with Gasteiger partial charge in [-0.2, -0.15) is 0 Å². The molecule has 1 rings (SSSR count). The molecule has 0 heterocycles. The lowest BCUT2D eigenvalue weighted by atomic mass is 9.74. The SMILES string of the molecule is COc1ccc(C)cc1CC(C)(CNCC(C)C)C(C)C. The average molecular weight is 291 g/mol. The van der Waals surface area contributed by atoms with E-state index in [-0.39, 0.29) is 5.41 Å². The highest BCUT2D eigenvalue weighted by Gasteiger charge is 2.29. The Kier molecular flexibility index (Phi) is 6.73. The van der Waals surface area contributed by atoms with Crippen molar-refractivity contribution in [1.82, 2.24) is 5.32 Å². The van der Waals surface area contributed by atoms with Crippen LogP contribution in [0.3, 0.4) is 0 Å². The molecule has 0 aliphatic heterocycles. The number of benzene rings is 1. The fourth-order valence-corrected chi connectivity index (χ4v) is 2.60. The van der Waals surface area contributed by atoms with Crippen LogP contribution in [0.25, 0.3) is 0 Å². The van der Waals surface area contributed by atoms with Crippen molar-refractivity contribution in [3.8, 4) is 5.75 Å². The summed E-state index contributed by atoms with van der Waals surface area (Å²) in [5.41, 5.74) is 2.85.